The molecule has 2 amide bonds. The Labute approximate surface area is 115 Å². The lowest BCUT2D eigenvalue weighted by Crippen LogP contribution is -2.47. The molecule has 4 nitrogen and oxygen atoms in total. The molecule has 1 saturated heterocycles. The zero-order valence-corrected chi connectivity index (χ0v) is 11.2. The molecule has 114 valence electrons. The predicted octanol–water partition coefficient (Wildman–Crippen LogP) is 1.70. The Hall–Kier alpha value is -1.27. The largest absolute Gasteiger partial charge is 0.405 e. The molecule has 1 saturated carbocycles. The second kappa shape index (κ2) is 6.01. The molecule has 1 aliphatic heterocycles. The van der Waals surface area contributed by atoms with Crippen LogP contribution in [0.15, 0.2) is 0 Å². The van der Waals surface area contributed by atoms with E-state index in [4.69, 9.17) is 0 Å². The Morgan fingerprint density at radius 3 is 2.10 bits per heavy atom. The molecule has 0 aromatic carbocycles. The lowest BCUT2D eigenvalue weighted by molar-refractivity contribution is -0.144. The van der Waals surface area contributed by atoms with Crippen LogP contribution in [0.3, 0.4) is 0 Å². The molecule has 1 aliphatic carbocycles. The molecule has 0 spiro atoms. The number of alkyl halides is 3. The number of hydrogen-bond donors (Lipinski definition) is 1. The van der Waals surface area contributed by atoms with Crippen LogP contribution in [0.1, 0.15) is 32.1 Å². The maximum Gasteiger partial charge on any atom is 0.405 e. The van der Waals surface area contributed by atoms with Crippen molar-refractivity contribution in [1.82, 2.24) is 10.2 Å². The Kier molecular flexibility index (Phi) is 4.55. The zero-order chi connectivity index (χ0) is 14.8. The van der Waals surface area contributed by atoms with Crippen molar-refractivity contribution in [3.05, 3.63) is 0 Å². The summed E-state index contributed by atoms with van der Waals surface area (Å²) in [6.45, 7) is -0.341. The van der Waals surface area contributed by atoms with E-state index in [1.54, 1.807) is 4.90 Å². The van der Waals surface area contributed by atoms with E-state index < -0.39 is 24.5 Å². The van der Waals surface area contributed by atoms with E-state index in [-0.39, 0.29) is 11.8 Å². The molecule has 0 aromatic heterocycles. The summed E-state index contributed by atoms with van der Waals surface area (Å²) in [5, 5.41) is 1.91. The van der Waals surface area contributed by atoms with Gasteiger partial charge in [-0.25, -0.2) is 0 Å². The highest BCUT2D eigenvalue weighted by Gasteiger charge is 2.34. The molecule has 20 heavy (non-hydrogen) atoms. The van der Waals surface area contributed by atoms with Gasteiger partial charge in [-0.3, -0.25) is 9.59 Å². The van der Waals surface area contributed by atoms with Gasteiger partial charge in [0.15, 0.2) is 0 Å². The monoisotopic (exact) mass is 292 g/mol. The number of halogens is 3. The van der Waals surface area contributed by atoms with Gasteiger partial charge < -0.3 is 10.2 Å². The van der Waals surface area contributed by atoms with Gasteiger partial charge in [-0.15, -0.1) is 0 Å². The number of nitrogens with one attached hydrogen (secondary N) is 1. The Bertz CT molecular complexity index is 372. The molecule has 0 bridgehead atoms. The van der Waals surface area contributed by atoms with Gasteiger partial charge in [0.1, 0.15) is 6.54 Å². The van der Waals surface area contributed by atoms with Crippen LogP contribution >= 0.6 is 0 Å². The van der Waals surface area contributed by atoms with Gasteiger partial charge in [-0.2, -0.15) is 13.2 Å². The highest BCUT2D eigenvalue weighted by atomic mass is 19.4. The smallest absolute Gasteiger partial charge is 0.347 e. The molecule has 7 heteroatoms. The molecule has 2 aliphatic rings. The van der Waals surface area contributed by atoms with Crippen molar-refractivity contribution in [1.29, 1.82) is 0 Å². The standard InChI is InChI=1S/C13H19F3N2O2/c14-13(15,16)8-17-11(19)9-4-6-18(7-5-9)12(20)10-2-1-3-10/h9-10H,1-8H2,(H,17,19). The number of amides is 2. The van der Waals surface area contributed by atoms with E-state index in [1.807, 2.05) is 5.32 Å². The van der Waals surface area contributed by atoms with Gasteiger partial charge in [-0.05, 0) is 25.7 Å². The third kappa shape index (κ3) is 3.86. The number of carbonyl (C=O) groups is 2. The quantitative estimate of drug-likeness (QED) is 0.861. The second-order valence-electron chi connectivity index (χ2n) is 5.56. The van der Waals surface area contributed by atoms with E-state index >= 15 is 0 Å². The van der Waals surface area contributed by atoms with Gasteiger partial charge in [0.25, 0.3) is 0 Å². The molecular formula is C13H19F3N2O2. The van der Waals surface area contributed by atoms with Crippen LogP contribution in [-0.2, 0) is 9.59 Å². The predicted molar refractivity (Wildman–Crippen MR) is 65.7 cm³/mol. The van der Waals surface area contributed by atoms with E-state index in [0.29, 0.717) is 25.9 Å². The number of rotatable bonds is 3. The Balaban J connectivity index is 1.73. The summed E-state index contributed by atoms with van der Waals surface area (Å²) >= 11 is 0. The SMILES string of the molecule is O=C(NCC(F)(F)F)C1CCN(C(=O)C2CCC2)CC1. The summed E-state index contributed by atoms with van der Waals surface area (Å²) in [6.07, 6.45) is -0.525. The van der Waals surface area contributed by atoms with Crippen molar-refractivity contribution in [3.63, 3.8) is 0 Å². The van der Waals surface area contributed by atoms with Crippen molar-refractivity contribution in [3.8, 4) is 0 Å². The molecule has 0 unspecified atom stereocenters. The molecule has 2 rings (SSSR count). The minimum atomic E-state index is -4.38. The van der Waals surface area contributed by atoms with Gasteiger partial charge in [0, 0.05) is 24.9 Å². The molecule has 2 fully saturated rings. The van der Waals surface area contributed by atoms with Crippen LogP contribution in [0, 0.1) is 11.8 Å². The lowest BCUT2D eigenvalue weighted by atomic mass is 9.83. The summed E-state index contributed by atoms with van der Waals surface area (Å²) in [6, 6.07) is 0. The van der Waals surface area contributed by atoms with Crippen LogP contribution in [0.4, 0.5) is 13.2 Å². The summed E-state index contributed by atoms with van der Waals surface area (Å²) in [7, 11) is 0. The lowest BCUT2D eigenvalue weighted by Gasteiger charge is -2.36. The van der Waals surface area contributed by atoms with Crippen molar-refractivity contribution < 1.29 is 22.8 Å². The van der Waals surface area contributed by atoms with E-state index in [1.165, 1.54) is 0 Å². The third-order valence-corrected chi connectivity index (χ3v) is 4.09. The average molecular weight is 292 g/mol. The number of hydrogen-bond acceptors (Lipinski definition) is 2. The maximum atomic E-state index is 12.0. The minimum absolute atomic E-state index is 0.130. The zero-order valence-electron chi connectivity index (χ0n) is 11.2. The fourth-order valence-electron chi connectivity index (χ4n) is 2.61. The number of likely N-dealkylation sites (tertiary alicyclic amines) is 1. The second-order valence-corrected chi connectivity index (χ2v) is 5.56. The molecule has 1 heterocycles. The highest BCUT2D eigenvalue weighted by molar-refractivity contribution is 5.81. The van der Waals surface area contributed by atoms with Crippen LogP contribution in [0.5, 0.6) is 0 Å². The third-order valence-electron chi connectivity index (χ3n) is 4.09. The molecule has 1 N–H and O–H groups in total. The first-order chi connectivity index (χ1) is 9.37. The van der Waals surface area contributed by atoms with Crippen LogP contribution in [0.25, 0.3) is 0 Å². The molecule has 0 aromatic rings. The normalized spacial score (nSPS) is 21.4. The number of carbonyl (C=O) groups excluding carboxylic acids is 2. The number of piperidine rings is 1. The first-order valence-electron chi connectivity index (χ1n) is 7.00. The van der Waals surface area contributed by atoms with Gasteiger partial charge in [0.05, 0.1) is 0 Å². The maximum absolute atomic E-state index is 12.0. The van der Waals surface area contributed by atoms with Crippen molar-refractivity contribution in [2.75, 3.05) is 19.6 Å². The molecule has 0 radical (unpaired) electrons. The van der Waals surface area contributed by atoms with Crippen molar-refractivity contribution in [2.45, 2.75) is 38.3 Å². The molecular weight excluding hydrogens is 273 g/mol. The van der Waals surface area contributed by atoms with E-state index in [2.05, 4.69) is 0 Å². The van der Waals surface area contributed by atoms with Crippen molar-refractivity contribution in [2.24, 2.45) is 11.8 Å². The van der Waals surface area contributed by atoms with Crippen LogP contribution in [-0.4, -0.2) is 42.5 Å². The Morgan fingerprint density at radius 2 is 1.65 bits per heavy atom. The Morgan fingerprint density at radius 1 is 1.05 bits per heavy atom. The summed E-state index contributed by atoms with van der Waals surface area (Å²) in [5.41, 5.74) is 0. The number of nitrogens with zero attached hydrogens (tertiary/aromatic N) is 1. The van der Waals surface area contributed by atoms with Gasteiger partial charge in [-0.1, -0.05) is 6.42 Å². The van der Waals surface area contributed by atoms with E-state index in [9.17, 15) is 22.8 Å². The van der Waals surface area contributed by atoms with Crippen LogP contribution in [0.2, 0.25) is 0 Å². The minimum Gasteiger partial charge on any atom is -0.347 e. The first kappa shape index (κ1) is 15.1. The topological polar surface area (TPSA) is 49.4 Å². The van der Waals surface area contributed by atoms with Crippen molar-refractivity contribution >= 4 is 11.8 Å². The fourth-order valence-corrected chi connectivity index (χ4v) is 2.61. The average Bonchev–Trinajstić information content (AvgIpc) is 2.33. The van der Waals surface area contributed by atoms with E-state index in [0.717, 1.165) is 19.3 Å². The molecule has 0 atom stereocenters. The highest BCUT2D eigenvalue weighted by Crippen LogP contribution is 2.30. The summed E-state index contributed by atoms with van der Waals surface area (Å²) in [4.78, 5) is 25.3. The van der Waals surface area contributed by atoms with Gasteiger partial charge in [0.2, 0.25) is 11.8 Å². The van der Waals surface area contributed by atoms with Gasteiger partial charge >= 0.3 is 6.18 Å². The van der Waals surface area contributed by atoms with Crippen LogP contribution < -0.4 is 5.32 Å². The summed E-state index contributed by atoms with van der Waals surface area (Å²) < 4.78 is 36.1. The first-order valence-corrected chi connectivity index (χ1v) is 7.00. The summed E-state index contributed by atoms with van der Waals surface area (Å²) in [5.74, 6) is -0.697. The fraction of sp³-hybridized carbons (Fsp3) is 0.846.